The second kappa shape index (κ2) is 21.0. The number of benzene rings is 2. The van der Waals surface area contributed by atoms with Crippen LogP contribution in [0.5, 0.6) is 17.2 Å². The molecule has 14 nitrogen and oxygen atoms in total. The summed E-state index contributed by atoms with van der Waals surface area (Å²) in [6.45, 7) is 15.7. The number of anilines is 1. The molecule has 4 heterocycles. The first-order valence-electron chi connectivity index (χ1n) is 20.5. The molecule has 0 spiro atoms. The van der Waals surface area contributed by atoms with Crippen molar-refractivity contribution < 1.29 is 42.9 Å². The molecule has 324 valence electrons. The van der Waals surface area contributed by atoms with Crippen molar-refractivity contribution in [2.75, 3.05) is 77.8 Å². The molecule has 2 unspecified atom stereocenters. The number of aryl methyl sites for hydroxylation is 1. The van der Waals surface area contributed by atoms with Crippen molar-refractivity contribution in [3.05, 3.63) is 65.3 Å². The van der Waals surface area contributed by atoms with Crippen LogP contribution >= 0.6 is 31.9 Å². The van der Waals surface area contributed by atoms with Crippen LogP contribution in [0.1, 0.15) is 71.7 Å². The minimum Gasteiger partial charge on any atom is -0.493 e. The van der Waals surface area contributed by atoms with Crippen molar-refractivity contribution in [3.63, 3.8) is 0 Å². The zero-order chi connectivity index (χ0) is 42.9. The Kier molecular flexibility index (Phi) is 15.9. The summed E-state index contributed by atoms with van der Waals surface area (Å²) in [7, 11) is 1.56. The van der Waals surface area contributed by atoms with Crippen LogP contribution < -0.4 is 24.4 Å². The number of carbonyl (C=O) groups excluding carboxylic acids is 4. The third-order valence-corrected chi connectivity index (χ3v) is 13.4. The lowest BCUT2D eigenvalue weighted by Gasteiger charge is -2.26. The number of halogens is 2. The molecule has 2 aromatic carbocycles. The van der Waals surface area contributed by atoms with E-state index in [2.05, 4.69) is 55.3 Å². The van der Waals surface area contributed by atoms with Crippen molar-refractivity contribution >= 4 is 73.1 Å². The van der Waals surface area contributed by atoms with Crippen molar-refractivity contribution in [1.29, 1.82) is 0 Å². The van der Waals surface area contributed by atoms with Gasteiger partial charge in [-0.1, -0.05) is 63.1 Å². The molecule has 0 aliphatic carbocycles. The maximum Gasteiger partial charge on any atom is 0.257 e. The van der Waals surface area contributed by atoms with Crippen LogP contribution in [0.2, 0.25) is 0 Å². The molecular formula is C44H55Br2N5O9. The van der Waals surface area contributed by atoms with E-state index in [9.17, 15) is 19.2 Å². The molecule has 2 aromatic rings. The fraction of sp³-hybridized carbons (Fsp3) is 0.523. The lowest BCUT2D eigenvalue weighted by atomic mass is 10.1. The Bertz CT molecular complexity index is 1990. The summed E-state index contributed by atoms with van der Waals surface area (Å²) in [5.74, 6) is 1.16. The van der Waals surface area contributed by atoms with Crippen LogP contribution in [0.3, 0.4) is 0 Å². The molecule has 1 N–H and O–H groups in total. The molecule has 0 saturated carbocycles. The number of amides is 4. The summed E-state index contributed by atoms with van der Waals surface area (Å²) in [5, 5.41) is 2.81. The smallest absolute Gasteiger partial charge is 0.257 e. The lowest BCUT2D eigenvalue weighted by Crippen LogP contribution is -2.42. The molecule has 2 saturated heterocycles. The maximum atomic E-state index is 13.9. The van der Waals surface area contributed by atoms with Crippen molar-refractivity contribution in [3.8, 4) is 17.2 Å². The Labute approximate surface area is 368 Å². The van der Waals surface area contributed by atoms with Gasteiger partial charge in [-0.25, -0.2) is 0 Å². The number of ether oxygens (including phenoxy) is 5. The van der Waals surface area contributed by atoms with Gasteiger partial charge in [0, 0.05) is 49.4 Å². The van der Waals surface area contributed by atoms with Gasteiger partial charge < -0.3 is 43.7 Å². The van der Waals surface area contributed by atoms with E-state index in [0.29, 0.717) is 112 Å². The molecule has 6 rings (SSSR count). The highest BCUT2D eigenvalue weighted by Gasteiger charge is 2.40. The molecule has 2 fully saturated rings. The standard InChI is InChI=1S/C44H55Br2N5O9/c1-27-17-31-23-48-35-21-39(38(56-5)20-33(35)43(54)49(31)24-27)60-12-8-6-7-11-59-37-22-36-34(19-29(37)3)44(55)50-25-28(2)18-32(50)26-51(36)40(52)9-13-57-15-16-58-14-10-47-42(53)41(46)30(4)45/h19-23,30-32,41H,1-2,6-18,24-26H2,3-5H3,(H,47,53)/t30?,31-,32-,41?/m0/s1. The van der Waals surface area contributed by atoms with E-state index in [-0.39, 0.29) is 58.4 Å². The average molecular weight is 958 g/mol. The molecule has 0 radical (unpaired) electrons. The minimum absolute atomic E-state index is 0.000392. The SMILES string of the molecule is C=C1C[C@H]2CN(C(=O)CCOCCOCCNC(=O)C(Br)C(C)Br)c3cc(OCCCCCOc4cc5c(cc4OC)C(=O)N4CC(=C)C[C@H]4C=N5)c(C)cc3C(=O)N2C1. The van der Waals surface area contributed by atoms with Crippen LogP contribution in [0.4, 0.5) is 11.4 Å². The summed E-state index contributed by atoms with van der Waals surface area (Å²) in [5.41, 5.74) is 4.84. The zero-order valence-electron chi connectivity index (χ0n) is 34.6. The van der Waals surface area contributed by atoms with E-state index in [1.165, 1.54) is 0 Å². The molecule has 0 aromatic heterocycles. The Morgan fingerprint density at radius 1 is 0.850 bits per heavy atom. The van der Waals surface area contributed by atoms with Gasteiger partial charge in [0.2, 0.25) is 11.8 Å². The van der Waals surface area contributed by atoms with E-state index in [1.807, 2.05) is 37.1 Å². The molecular weight excluding hydrogens is 902 g/mol. The Balaban J connectivity index is 0.984. The number of aliphatic imine (C=N–C) groups is 1. The Morgan fingerprint density at radius 2 is 1.53 bits per heavy atom. The number of hydrogen-bond donors (Lipinski definition) is 1. The van der Waals surface area contributed by atoms with Gasteiger partial charge >= 0.3 is 0 Å². The third-order valence-electron chi connectivity index (χ3n) is 10.9. The second-order valence-electron chi connectivity index (χ2n) is 15.5. The van der Waals surface area contributed by atoms with Crippen LogP contribution in [0.25, 0.3) is 0 Å². The summed E-state index contributed by atoms with van der Waals surface area (Å²) in [6, 6.07) is 6.86. The van der Waals surface area contributed by atoms with E-state index < -0.39 is 0 Å². The first-order chi connectivity index (χ1) is 28.9. The highest BCUT2D eigenvalue weighted by Crippen LogP contribution is 2.40. The largest absolute Gasteiger partial charge is 0.493 e. The van der Waals surface area contributed by atoms with Crippen molar-refractivity contribution in [2.24, 2.45) is 4.99 Å². The summed E-state index contributed by atoms with van der Waals surface area (Å²) in [6.07, 6.45) is 5.63. The number of nitrogens with zero attached hydrogens (tertiary/aromatic N) is 4. The molecule has 4 aliphatic rings. The number of fused-ring (bicyclic) bond motifs is 4. The summed E-state index contributed by atoms with van der Waals surface area (Å²) in [4.78, 5) is 62.6. The molecule has 60 heavy (non-hydrogen) atoms. The number of nitrogens with one attached hydrogen (secondary N) is 1. The van der Waals surface area contributed by atoms with Crippen molar-refractivity contribution in [1.82, 2.24) is 15.1 Å². The van der Waals surface area contributed by atoms with E-state index in [4.69, 9.17) is 23.7 Å². The first-order valence-corrected chi connectivity index (χ1v) is 22.3. The molecule has 4 aliphatic heterocycles. The van der Waals surface area contributed by atoms with Crippen LogP contribution in [0.15, 0.2) is 53.6 Å². The maximum absolute atomic E-state index is 13.9. The Hall–Kier alpha value is -4.25. The average Bonchev–Trinajstić information content (AvgIpc) is 3.74. The van der Waals surface area contributed by atoms with Crippen LogP contribution in [0, 0.1) is 6.92 Å². The topological polar surface area (TPSA) is 149 Å². The molecule has 4 amide bonds. The summed E-state index contributed by atoms with van der Waals surface area (Å²) < 4.78 is 29.3. The normalized spacial score (nSPS) is 19.2. The monoisotopic (exact) mass is 955 g/mol. The molecule has 0 bridgehead atoms. The van der Waals surface area contributed by atoms with Gasteiger partial charge in [0.1, 0.15) is 10.6 Å². The van der Waals surface area contributed by atoms with Crippen LogP contribution in [-0.2, 0) is 19.1 Å². The lowest BCUT2D eigenvalue weighted by molar-refractivity contribution is -0.120. The second-order valence-corrected chi connectivity index (χ2v) is 18.0. The van der Waals surface area contributed by atoms with E-state index in [0.717, 1.165) is 36.0 Å². The molecule has 16 heteroatoms. The van der Waals surface area contributed by atoms with Gasteiger partial charge in [-0.15, -0.1) is 0 Å². The van der Waals surface area contributed by atoms with Gasteiger partial charge in [0.15, 0.2) is 11.5 Å². The van der Waals surface area contributed by atoms with Gasteiger partial charge in [0.05, 0.1) is 87.8 Å². The number of rotatable bonds is 20. The highest BCUT2D eigenvalue weighted by molar-refractivity contribution is 9.12. The number of methoxy groups -OCH3 is 1. The van der Waals surface area contributed by atoms with Gasteiger partial charge in [-0.3, -0.25) is 24.2 Å². The number of carbonyl (C=O) groups is 4. The van der Waals surface area contributed by atoms with Gasteiger partial charge in [-0.05, 0) is 56.7 Å². The summed E-state index contributed by atoms with van der Waals surface area (Å²) >= 11 is 6.73. The van der Waals surface area contributed by atoms with E-state index >= 15 is 0 Å². The number of hydrogen-bond acceptors (Lipinski definition) is 10. The van der Waals surface area contributed by atoms with Gasteiger partial charge in [-0.2, -0.15) is 0 Å². The highest BCUT2D eigenvalue weighted by atomic mass is 79.9. The third kappa shape index (κ3) is 11.0. The minimum atomic E-state index is -0.328. The predicted molar refractivity (Wildman–Crippen MR) is 237 cm³/mol. The number of unbranched alkanes of at least 4 members (excludes halogenated alkanes) is 2. The first kappa shape index (κ1) is 45.3. The Morgan fingerprint density at radius 3 is 2.27 bits per heavy atom. The van der Waals surface area contributed by atoms with Crippen molar-refractivity contribution in [2.45, 2.75) is 74.1 Å². The zero-order valence-corrected chi connectivity index (χ0v) is 37.8. The predicted octanol–water partition coefficient (Wildman–Crippen LogP) is 6.32. The van der Waals surface area contributed by atoms with E-state index in [1.54, 1.807) is 29.0 Å². The van der Waals surface area contributed by atoms with Gasteiger partial charge in [0.25, 0.3) is 11.8 Å². The molecule has 4 atom stereocenters. The number of alkyl halides is 2. The van der Waals surface area contributed by atoms with Crippen LogP contribution in [-0.4, -0.2) is 134 Å². The fourth-order valence-corrected chi connectivity index (χ4v) is 8.13. The quantitative estimate of drug-likeness (QED) is 0.0915. The fourth-order valence-electron chi connectivity index (χ4n) is 7.73.